The van der Waals surface area contributed by atoms with Gasteiger partial charge in [0.05, 0.1) is 24.5 Å². The molecule has 0 radical (unpaired) electrons. The van der Waals surface area contributed by atoms with E-state index < -0.39 is 16.9 Å². The van der Waals surface area contributed by atoms with Gasteiger partial charge >= 0.3 is 0 Å². The van der Waals surface area contributed by atoms with Crippen LogP contribution in [0, 0.1) is 5.41 Å². The first kappa shape index (κ1) is 20.5. The molecule has 1 fully saturated rings. The third-order valence-corrected chi connectivity index (χ3v) is 7.95. The second-order valence-corrected chi connectivity index (χ2v) is 10.2. The standard InChI is InChI=1S/C27H25N3O2S/c31-33(24-18-28-30-19-26(16-17-26)20-32-25(24)30)29-27(21-10-4-1-5-11-21,22-12-6-2-7-13-22)23-14-8-3-9-15-23/h1-15,18,29H,16-17,19-20H2. The Balaban J connectivity index is 1.47. The summed E-state index contributed by atoms with van der Waals surface area (Å²) in [6.45, 7) is 1.50. The van der Waals surface area contributed by atoms with Crippen LogP contribution in [-0.2, 0) is 23.4 Å². The smallest absolute Gasteiger partial charge is 0.271 e. The molecule has 3 aromatic carbocycles. The predicted molar refractivity (Wildman–Crippen MR) is 128 cm³/mol. The summed E-state index contributed by atoms with van der Waals surface area (Å²) < 4.78 is 25.4. The van der Waals surface area contributed by atoms with Crippen molar-refractivity contribution in [1.29, 1.82) is 0 Å². The Morgan fingerprint density at radius 2 is 1.36 bits per heavy atom. The molecule has 6 heteroatoms. The second-order valence-electron chi connectivity index (χ2n) is 8.98. The van der Waals surface area contributed by atoms with Crippen molar-refractivity contribution < 1.29 is 9.29 Å². The highest BCUT2D eigenvalue weighted by molar-refractivity contribution is 7.89. The monoisotopic (exact) mass is 455 g/mol. The average Bonchev–Trinajstić information content (AvgIpc) is 3.49. The van der Waals surface area contributed by atoms with Crippen LogP contribution in [-0.4, -0.2) is 20.9 Å². The topological polar surface area (TPSA) is 62.1 Å². The maximum Gasteiger partial charge on any atom is 0.271 e. The van der Waals surface area contributed by atoms with Gasteiger partial charge in [-0.25, -0.2) is 4.68 Å². The molecular formula is C27H25N3O2S. The Kier molecular flexibility index (Phi) is 5.02. The Bertz CT molecular complexity index is 1140. The molecule has 5 nitrogen and oxygen atoms in total. The van der Waals surface area contributed by atoms with Crippen molar-refractivity contribution in [1.82, 2.24) is 14.5 Å². The normalized spacial score (nSPS) is 17.2. The zero-order valence-electron chi connectivity index (χ0n) is 18.2. The largest absolute Gasteiger partial charge is 0.593 e. The van der Waals surface area contributed by atoms with E-state index in [-0.39, 0.29) is 5.41 Å². The van der Waals surface area contributed by atoms with Crippen LogP contribution in [0.25, 0.3) is 0 Å². The maximum atomic E-state index is 14.0. The molecule has 1 aliphatic carbocycles. The summed E-state index contributed by atoms with van der Waals surface area (Å²) in [5.41, 5.74) is 2.43. The summed E-state index contributed by atoms with van der Waals surface area (Å²) in [6.07, 6.45) is 4.02. The fourth-order valence-electron chi connectivity index (χ4n) is 4.74. The number of fused-ring (bicyclic) bond motifs is 1. The predicted octanol–water partition coefficient (Wildman–Crippen LogP) is 4.66. The number of rotatable bonds is 6. The number of hydrogen-bond acceptors (Lipinski definition) is 4. The SMILES string of the molecule is [O-][S+](NC(c1ccccc1)(c1ccccc1)c1ccccc1)c1cnn2c1OCC1(CC1)C2. The highest BCUT2D eigenvalue weighted by Crippen LogP contribution is 2.50. The van der Waals surface area contributed by atoms with Gasteiger partial charge in [0, 0.05) is 5.41 Å². The van der Waals surface area contributed by atoms with Gasteiger partial charge in [0.15, 0.2) is 0 Å². The van der Waals surface area contributed by atoms with E-state index >= 15 is 0 Å². The lowest BCUT2D eigenvalue weighted by atomic mass is 9.78. The van der Waals surface area contributed by atoms with Crippen LogP contribution in [0.2, 0.25) is 0 Å². The highest BCUT2D eigenvalue weighted by atomic mass is 32.2. The summed E-state index contributed by atoms with van der Waals surface area (Å²) in [4.78, 5) is 0.581. The molecule has 0 saturated heterocycles. The van der Waals surface area contributed by atoms with Gasteiger partial charge in [0.25, 0.3) is 10.8 Å². The average molecular weight is 456 g/mol. The van der Waals surface area contributed by atoms with E-state index in [1.807, 2.05) is 59.3 Å². The number of benzene rings is 3. The molecule has 1 spiro atoms. The van der Waals surface area contributed by atoms with Crippen molar-refractivity contribution in [3.8, 4) is 5.88 Å². The molecule has 33 heavy (non-hydrogen) atoms. The first-order chi connectivity index (χ1) is 16.2. The lowest BCUT2D eigenvalue weighted by Gasteiger charge is -2.36. The number of ether oxygens (including phenoxy) is 1. The minimum absolute atomic E-state index is 0.229. The third kappa shape index (κ3) is 3.55. The van der Waals surface area contributed by atoms with Crippen LogP contribution in [0.1, 0.15) is 29.5 Å². The lowest BCUT2D eigenvalue weighted by Crippen LogP contribution is -2.47. The zero-order valence-corrected chi connectivity index (χ0v) is 19.0. The quantitative estimate of drug-likeness (QED) is 0.339. The number of nitrogens with zero attached hydrogens (tertiary/aromatic N) is 2. The minimum atomic E-state index is -1.58. The van der Waals surface area contributed by atoms with Crippen molar-refractivity contribution >= 4 is 11.4 Å². The minimum Gasteiger partial charge on any atom is -0.593 e. The van der Waals surface area contributed by atoms with E-state index in [9.17, 15) is 4.55 Å². The van der Waals surface area contributed by atoms with Crippen LogP contribution in [0.4, 0.5) is 0 Å². The van der Waals surface area contributed by atoms with E-state index in [4.69, 9.17) is 4.74 Å². The molecule has 1 saturated carbocycles. The first-order valence-corrected chi connectivity index (χ1v) is 12.4. The van der Waals surface area contributed by atoms with Crippen LogP contribution in [0.5, 0.6) is 5.88 Å². The number of hydrogen-bond donors (Lipinski definition) is 1. The molecule has 1 atom stereocenters. The van der Waals surface area contributed by atoms with Crippen LogP contribution < -0.4 is 9.46 Å². The highest BCUT2D eigenvalue weighted by Gasteiger charge is 2.49. The number of nitrogens with one attached hydrogen (secondary N) is 1. The molecule has 1 aliphatic heterocycles. The van der Waals surface area contributed by atoms with Gasteiger partial charge in [0.2, 0.25) is 0 Å². The first-order valence-electron chi connectivity index (χ1n) is 11.3. The maximum absolute atomic E-state index is 14.0. The van der Waals surface area contributed by atoms with E-state index in [1.165, 1.54) is 12.8 Å². The fraction of sp³-hybridized carbons (Fsp3) is 0.222. The second kappa shape index (κ2) is 8.06. The Hall–Kier alpha value is -3.06. The molecule has 4 aromatic rings. The van der Waals surface area contributed by atoms with Gasteiger partial charge < -0.3 is 9.29 Å². The van der Waals surface area contributed by atoms with Gasteiger partial charge in [-0.05, 0) is 29.5 Å². The lowest BCUT2D eigenvalue weighted by molar-refractivity contribution is 0.144. The molecule has 0 amide bonds. The summed E-state index contributed by atoms with van der Waals surface area (Å²) in [7, 11) is 0. The van der Waals surface area contributed by atoms with Gasteiger partial charge in [-0.2, -0.15) is 5.10 Å². The van der Waals surface area contributed by atoms with Crippen LogP contribution in [0.3, 0.4) is 0 Å². The molecule has 1 N–H and O–H groups in total. The molecule has 0 bridgehead atoms. The summed E-state index contributed by atoms with van der Waals surface area (Å²) >= 11 is -1.58. The van der Waals surface area contributed by atoms with E-state index in [0.29, 0.717) is 17.4 Å². The molecule has 2 aliphatic rings. The Morgan fingerprint density at radius 1 is 0.848 bits per heavy atom. The summed E-state index contributed by atoms with van der Waals surface area (Å²) in [5.74, 6) is 0.612. The zero-order chi connectivity index (χ0) is 22.3. The number of aromatic nitrogens is 2. The van der Waals surface area contributed by atoms with E-state index in [1.54, 1.807) is 6.20 Å². The van der Waals surface area contributed by atoms with Crippen molar-refractivity contribution in [2.75, 3.05) is 6.61 Å². The Labute approximate surface area is 196 Å². The van der Waals surface area contributed by atoms with Gasteiger partial charge in [0.1, 0.15) is 11.7 Å². The van der Waals surface area contributed by atoms with Crippen LogP contribution >= 0.6 is 0 Å². The van der Waals surface area contributed by atoms with E-state index in [0.717, 1.165) is 23.2 Å². The Morgan fingerprint density at radius 3 is 1.85 bits per heavy atom. The third-order valence-electron chi connectivity index (χ3n) is 6.78. The molecule has 166 valence electrons. The molecule has 2 heterocycles. The van der Waals surface area contributed by atoms with Crippen molar-refractivity contribution in [2.24, 2.45) is 5.41 Å². The van der Waals surface area contributed by atoms with E-state index in [2.05, 4.69) is 46.2 Å². The van der Waals surface area contributed by atoms with Gasteiger partial charge in [-0.3, -0.25) is 0 Å². The van der Waals surface area contributed by atoms with Crippen molar-refractivity contribution in [2.45, 2.75) is 29.8 Å². The molecule has 1 unspecified atom stereocenters. The molecule has 1 aromatic heterocycles. The van der Waals surface area contributed by atoms with Crippen LogP contribution in [0.15, 0.2) is 102 Å². The summed E-state index contributed by atoms with van der Waals surface area (Å²) in [6, 6.07) is 30.5. The van der Waals surface area contributed by atoms with Gasteiger partial charge in [-0.1, -0.05) is 91.0 Å². The molecular weight excluding hydrogens is 430 g/mol. The van der Waals surface area contributed by atoms with Crippen molar-refractivity contribution in [3.63, 3.8) is 0 Å². The van der Waals surface area contributed by atoms with Gasteiger partial charge in [-0.15, -0.1) is 4.72 Å². The van der Waals surface area contributed by atoms with Crippen molar-refractivity contribution in [3.05, 3.63) is 114 Å². The molecule has 6 rings (SSSR count). The summed E-state index contributed by atoms with van der Waals surface area (Å²) in [5, 5.41) is 4.52. The fourth-order valence-corrected chi connectivity index (χ4v) is 5.95.